The van der Waals surface area contributed by atoms with Gasteiger partial charge in [-0.25, -0.2) is 0 Å². The zero-order chi connectivity index (χ0) is 8.27. The number of hydrogen-bond acceptors (Lipinski definition) is 1. The molecule has 0 aliphatic carbocycles. The summed E-state index contributed by atoms with van der Waals surface area (Å²) >= 11 is 2.36. The third kappa shape index (κ3) is 2.09. The molecular weight excluding hydrogens is 249 g/mol. The molecule has 0 aromatic heterocycles. The van der Waals surface area contributed by atoms with Gasteiger partial charge in [-0.3, -0.25) is 0 Å². The summed E-state index contributed by atoms with van der Waals surface area (Å²) in [7, 11) is 2.11. The second kappa shape index (κ2) is 3.95. The fraction of sp³-hybridized carbons (Fsp3) is 0.333. The highest BCUT2D eigenvalue weighted by molar-refractivity contribution is 14.1. The van der Waals surface area contributed by atoms with Gasteiger partial charge in [0.15, 0.2) is 0 Å². The predicted molar refractivity (Wildman–Crippen MR) is 58.1 cm³/mol. The van der Waals surface area contributed by atoms with E-state index < -0.39 is 0 Å². The van der Waals surface area contributed by atoms with Gasteiger partial charge in [0.1, 0.15) is 0 Å². The Morgan fingerprint density at radius 2 is 2.00 bits per heavy atom. The summed E-state index contributed by atoms with van der Waals surface area (Å²) < 4.78 is 1.31. The number of rotatable bonds is 2. The second-order valence-corrected chi connectivity index (χ2v) is 3.63. The first-order valence-electron chi connectivity index (χ1n) is 3.71. The molecule has 0 amide bonds. The number of para-hydroxylation sites is 1. The van der Waals surface area contributed by atoms with E-state index in [0.29, 0.717) is 0 Å². The zero-order valence-corrected chi connectivity index (χ0v) is 9.00. The average Bonchev–Trinajstić information content (AvgIpc) is 2.04. The van der Waals surface area contributed by atoms with Gasteiger partial charge in [-0.15, -0.1) is 0 Å². The first-order valence-corrected chi connectivity index (χ1v) is 4.79. The summed E-state index contributed by atoms with van der Waals surface area (Å²) in [6.45, 7) is 3.21. The number of anilines is 1. The number of halogens is 1. The minimum Gasteiger partial charge on any atom is -0.374 e. The maximum absolute atomic E-state index is 2.36. The lowest BCUT2D eigenvalue weighted by atomic mass is 10.3. The third-order valence-corrected chi connectivity index (χ3v) is 2.65. The highest BCUT2D eigenvalue weighted by Crippen LogP contribution is 2.19. The summed E-state index contributed by atoms with van der Waals surface area (Å²) in [5.74, 6) is 0. The molecule has 0 N–H and O–H groups in total. The van der Waals surface area contributed by atoms with Crippen molar-refractivity contribution in [3.63, 3.8) is 0 Å². The van der Waals surface area contributed by atoms with Gasteiger partial charge in [0.25, 0.3) is 0 Å². The molecule has 0 radical (unpaired) electrons. The third-order valence-electron chi connectivity index (χ3n) is 1.74. The van der Waals surface area contributed by atoms with E-state index in [2.05, 4.69) is 65.7 Å². The van der Waals surface area contributed by atoms with E-state index in [-0.39, 0.29) is 0 Å². The normalized spacial score (nSPS) is 9.73. The van der Waals surface area contributed by atoms with Gasteiger partial charge in [0, 0.05) is 22.8 Å². The van der Waals surface area contributed by atoms with Gasteiger partial charge in [-0.1, -0.05) is 12.1 Å². The predicted octanol–water partition coefficient (Wildman–Crippen LogP) is 2.75. The van der Waals surface area contributed by atoms with Crippen LogP contribution in [0.4, 0.5) is 5.69 Å². The topological polar surface area (TPSA) is 3.24 Å². The standard InChI is InChI=1S/C9H12IN/c1-3-11(2)9-7-5-4-6-8(9)10/h4-7H,3H2,1-2H3. The van der Waals surface area contributed by atoms with Crippen LogP contribution in [0, 0.1) is 3.57 Å². The largest absolute Gasteiger partial charge is 0.374 e. The van der Waals surface area contributed by atoms with Crippen molar-refractivity contribution in [2.75, 3.05) is 18.5 Å². The Labute approximate surface area is 81.5 Å². The van der Waals surface area contributed by atoms with Crippen molar-refractivity contribution in [3.05, 3.63) is 27.8 Å². The Kier molecular flexibility index (Phi) is 3.17. The van der Waals surface area contributed by atoms with Gasteiger partial charge >= 0.3 is 0 Å². The van der Waals surface area contributed by atoms with Crippen LogP contribution >= 0.6 is 22.6 Å². The van der Waals surface area contributed by atoms with Gasteiger partial charge in [0.05, 0.1) is 0 Å². The molecule has 0 spiro atoms. The van der Waals surface area contributed by atoms with E-state index in [1.54, 1.807) is 0 Å². The summed E-state index contributed by atoms with van der Waals surface area (Å²) in [6.07, 6.45) is 0. The van der Waals surface area contributed by atoms with Crippen LogP contribution in [0.5, 0.6) is 0 Å². The van der Waals surface area contributed by atoms with E-state index in [4.69, 9.17) is 0 Å². The van der Waals surface area contributed by atoms with Crippen molar-refractivity contribution in [2.24, 2.45) is 0 Å². The van der Waals surface area contributed by atoms with Crippen LogP contribution in [0.3, 0.4) is 0 Å². The van der Waals surface area contributed by atoms with Gasteiger partial charge in [-0.05, 0) is 41.6 Å². The van der Waals surface area contributed by atoms with Crippen LogP contribution < -0.4 is 4.90 Å². The molecule has 0 aliphatic rings. The molecule has 1 nitrogen and oxygen atoms in total. The summed E-state index contributed by atoms with van der Waals surface area (Å²) in [6, 6.07) is 8.41. The lowest BCUT2D eigenvalue weighted by molar-refractivity contribution is 0.964. The molecule has 0 heterocycles. The average molecular weight is 261 g/mol. The molecule has 60 valence electrons. The summed E-state index contributed by atoms with van der Waals surface area (Å²) in [5.41, 5.74) is 1.32. The Bertz CT molecular complexity index is 235. The monoisotopic (exact) mass is 261 g/mol. The van der Waals surface area contributed by atoms with Crippen LogP contribution in [0.1, 0.15) is 6.92 Å². The molecule has 0 unspecified atom stereocenters. The minimum absolute atomic E-state index is 1.06. The van der Waals surface area contributed by atoms with Gasteiger partial charge in [0.2, 0.25) is 0 Å². The minimum atomic E-state index is 1.06. The van der Waals surface area contributed by atoms with Crippen molar-refractivity contribution in [2.45, 2.75) is 6.92 Å². The fourth-order valence-corrected chi connectivity index (χ4v) is 1.73. The number of benzene rings is 1. The highest BCUT2D eigenvalue weighted by atomic mass is 127. The molecule has 1 rings (SSSR count). The maximum Gasteiger partial charge on any atom is 0.0499 e. The molecule has 0 saturated heterocycles. The van der Waals surface area contributed by atoms with Crippen LogP contribution in [-0.4, -0.2) is 13.6 Å². The summed E-state index contributed by atoms with van der Waals surface area (Å²) in [5, 5.41) is 0. The SMILES string of the molecule is CCN(C)c1ccccc1I. The molecule has 1 aromatic rings. The van der Waals surface area contributed by atoms with Crippen LogP contribution in [0.25, 0.3) is 0 Å². The Balaban J connectivity index is 2.93. The first-order chi connectivity index (χ1) is 5.25. The molecule has 2 heteroatoms. The molecule has 1 aromatic carbocycles. The van der Waals surface area contributed by atoms with E-state index >= 15 is 0 Å². The van der Waals surface area contributed by atoms with E-state index in [1.165, 1.54) is 9.26 Å². The van der Waals surface area contributed by atoms with Crippen molar-refractivity contribution in [1.29, 1.82) is 0 Å². The molecule has 0 atom stereocenters. The highest BCUT2D eigenvalue weighted by Gasteiger charge is 2.00. The summed E-state index contributed by atoms with van der Waals surface area (Å²) in [4.78, 5) is 2.24. The number of hydrogen-bond donors (Lipinski definition) is 0. The zero-order valence-electron chi connectivity index (χ0n) is 6.84. The lowest BCUT2D eigenvalue weighted by Gasteiger charge is -2.17. The van der Waals surface area contributed by atoms with Crippen molar-refractivity contribution >= 4 is 28.3 Å². The number of nitrogens with zero attached hydrogens (tertiary/aromatic N) is 1. The van der Waals surface area contributed by atoms with Gasteiger partial charge < -0.3 is 4.90 Å². The Morgan fingerprint density at radius 3 is 2.55 bits per heavy atom. The van der Waals surface area contributed by atoms with Gasteiger partial charge in [-0.2, -0.15) is 0 Å². The molecular formula is C9H12IN. The van der Waals surface area contributed by atoms with Crippen LogP contribution in [0.2, 0.25) is 0 Å². The lowest BCUT2D eigenvalue weighted by Crippen LogP contribution is -2.16. The fourth-order valence-electron chi connectivity index (χ4n) is 0.932. The van der Waals surface area contributed by atoms with Crippen LogP contribution in [0.15, 0.2) is 24.3 Å². The molecule has 0 aliphatic heterocycles. The first kappa shape index (κ1) is 8.84. The Morgan fingerprint density at radius 1 is 1.36 bits per heavy atom. The van der Waals surface area contributed by atoms with E-state index in [9.17, 15) is 0 Å². The molecule has 0 fully saturated rings. The van der Waals surface area contributed by atoms with E-state index in [0.717, 1.165) is 6.54 Å². The molecule has 0 saturated carbocycles. The maximum atomic E-state index is 2.36. The van der Waals surface area contributed by atoms with E-state index in [1.807, 2.05) is 0 Å². The molecule has 11 heavy (non-hydrogen) atoms. The second-order valence-electron chi connectivity index (χ2n) is 2.47. The Hall–Kier alpha value is -0.250. The van der Waals surface area contributed by atoms with Crippen molar-refractivity contribution < 1.29 is 0 Å². The quantitative estimate of drug-likeness (QED) is 0.740. The van der Waals surface area contributed by atoms with Crippen LogP contribution in [-0.2, 0) is 0 Å². The smallest absolute Gasteiger partial charge is 0.0499 e. The van der Waals surface area contributed by atoms with Crippen molar-refractivity contribution in [3.8, 4) is 0 Å². The van der Waals surface area contributed by atoms with Crippen molar-refractivity contribution in [1.82, 2.24) is 0 Å². The molecule has 0 bridgehead atoms.